The fourth-order valence-electron chi connectivity index (χ4n) is 3.66. The third-order valence-corrected chi connectivity index (χ3v) is 5.30. The molecule has 0 aromatic heterocycles. The topological polar surface area (TPSA) is 92.6 Å². The quantitative estimate of drug-likeness (QED) is 0.645. The van der Waals surface area contributed by atoms with Gasteiger partial charge in [-0.3, -0.25) is 19.7 Å². The third-order valence-electron chi connectivity index (χ3n) is 5.30. The highest BCUT2D eigenvalue weighted by Gasteiger charge is 2.35. The lowest BCUT2D eigenvalue weighted by Gasteiger charge is -2.30. The number of aryl methyl sites for hydroxylation is 2. The summed E-state index contributed by atoms with van der Waals surface area (Å²) in [6, 6.07) is 9.92. The standard InChI is InChI=1S/C21H21N3O4/c1-13-11-16(6-8-18(13)24(27)28)20(25)22-17-7-9-19-15(12-17)3-2-10-23(19)21(26)14-4-5-14/h6-9,11-12,14H,2-5,10H2,1H3,(H,22,25). The number of nitrogens with one attached hydrogen (secondary N) is 1. The van der Waals surface area contributed by atoms with Crippen LogP contribution in [0.4, 0.5) is 17.1 Å². The van der Waals surface area contributed by atoms with Crippen LogP contribution >= 0.6 is 0 Å². The summed E-state index contributed by atoms with van der Waals surface area (Å²) < 4.78 is 0. The second kappa shape index (κ2) is 7.07. The molecule has 0 unspecified atom stereocenters. The minimum atomic E-state index is -0.463. The predicted octanol–water partition coefficient (Wildman–Crippen LogP) is 3.84. The summed E-state index contributed by atoms with van der Waals surface area (Å²) >= 11 is 0. The fraction of sp³-hybridized carbons (Fsp3) is 0.333. The number of benzene rings is 2. The molecule has 2 aliphatic rings. The van der Waals surface area contributed by atoms with E-state index < -0.39 is 4.92 Å². The van der Waals surface area contributed by atoms with Crippen LogP contribution in [0.25, 0.3) is 0 Å². The number of nitrogens with zero attached hydrogens (tertiary/aromatic N) is 2. The smallest absolute Gasteiger partial charge is 0.272 e. The number of hydrogen-bond donors (Lipinski definition) is 1. The highest BCUT2D eigenvalue weighted by atomic mass is 16.6. The van der Waals surface area contributed by atoms with Crippen LogP contribution in [-0.4, -0.2) is 23.3 Å². The van der Waals surface area contributed by atoms with Crippen molar-refractivity contribution >= 4 is 28.9 Å². The first-order chi connectivity index (χ1) is 13.4. The van der Waals surface area contributed by atoms with Crippen LogP contribution in [0.2, 0.25) is 0 Å². The molecule has 7 nitrogen and oxygen atoms in total. The molecule has 1 aliphatic heterocycles. The molecule has 0 saturated heterocycles. The van der Waals surface area contributed by atoms with Gasteiger partial charge in [-0.1, -0.05) is 0 Å². The van der Waals surface area contributed by atoms with Crippen molar-refractivity contribution in [3.8, 4) is 0 Å². The number of fused-ring (bicyclic) bond motifs is 1. The van der Waals surface area contributed by atoms with Crippen molar-refractivity contribution in [3.63, 3.8) is 0 Å². The lowest BCUT2D eigenvalue weighted by molar-refractivity contribution is -0.385. The van der Waals surface area contributed by atoms with Gasteiger partial charge in [-0.2, -0.15) is 0 Å². The fourth-order valence-corrected chi connectivity index (χ4v) is 3.66. The molecule has 1 fully saturated rings. The van der Waals surface area contributed by atoms with Crippen molar-refractivity contribution < 1.29 is 14.5 Å². The van der Waals surface area contributed by atoms with Gasteiger partial charge in [0.25, 0.3) is 11.6 Å². The van der Waals surface area contributed by atoms with E-state index in [1.54, 1.807) is 13.0 Å². The molecular weight excluding hydrogens is 358 g/mol. The number of nitro groups is 1. The third kappa shape index (κ3) is 3.47. The largest absolute Gasteiger partial charge is 0.322 e. The van der Waals surface area contributed by atoms with Gasteiger partial charge in [0, 0.05) is 41.0 Å². The Morgan fingerprint density at radius 1 is 1.18 bits per heavy atom. The number of nitro benzene ring substituents is 1. The van der Waals surface area contributed by atoms with E-state index in [1.165, 1.54) is 18.2 Å². The van der Waals surface area contributed by atoms with Crippen LogP contribution in [0.1, 0.15) is 40.7 Å². The summed E-state index contributed by atoms with van der Waals surface area (Å²) in [5, 5.41) is 13.8. The van der Waals surface area contributed by atoms with Gasteiger partial charge in [0.1, 0.15) is 0 Å². The van der Waals surface area contributed by atoms with Crippen molar-refractivity contribution in [1.29, 1.82) is 0 Å². The number of anilines is 2. The molecule has 1 aliphatic carbocycles. The molecule has 144 valence electrons. The number of carbonyl (C=O) groups is 2. The highest BCUT2D eigenvalue weighted by Crippen LogP contribution is 2.36. The van der Waals surface area contributed by atoms with E-state index in [9.17, 15) is 19.7 Å². The normalized spacial score (nSPS) is 15.7. The monoisotopic (exact) mass is 379 g/mol. The number of hydrogen-bond acceptors (Lipinski definition) is 4. The van der Waals surface area contributed by atoms with E-state index in [0.717, 1.165) is 43.5 Å². The Kier molecular flexibility index (Phi) is 4.58. The average Bonchev–Trinajstić information content (AvgIpc) is 3.51. The van der Waals surface area contributed by atoms with Crippen molar-refractivity contribution in [2.75, 3.05) is 16.8 Å². The lowest BCUT2D eigenvalue weighted by Crippen LogP contribution is -2.36. The second-order valence-electron chi connectivity index (χ2n) is 7.42. The van der Waals surface area contributed by atoms with E-state index in [1.807, 2.05) is 17.0 Å². The first kappa shape index (κ1) is 18.2. The van der Waals surface area contributed by atoms with Crippen molar-refractivity contribution in [3.05, 3.63) is 63.2 Å². The summed E-state index contributed by atoms with van der Waals surface area (Å²) in [5.74, 6) is 0.0643. The van der Waals surface area contributed by atoms with Crippen molar-refractivity contribution in [2.24, 2.45) is 5.92 Å². The molecule has 2 aromatic rings. The van der Waals surface area contributed by atoms with Crippen LogP contribution in [0.3, 0.4) is 0 Å². The Balaban J connectivity index is 1.53. The predicted molar refractivity (Wildman–Crippen MR) is 106 cm³/mol. The van der Waals surface area contributed by atoms with Gasteiger partial charge in [-0.25, -0.2) is 0 Å². The van der Waals surface area contributed by atoms with Crippen molar-refractivity contribution in [2.45, 2.75) is 32.6 Å². The van der Waals surface area contributed by atoms with Gasteiger partial charge in [0.2, 0.25) is 5.91 Å². The summed E-state index contributed by atoms with van der Waals surface area (Å²) in [7, 11) is 0. The molecule has 0 spiro atoms. The van der Waals surface area contributed by atoms with Crippen LogP contribution in [0.15, 0.2) is 36.4 Å². The number of rotatable bonds is 4. The number of carbonyl (C=O) groups excluding carboxylic acids is 2. The molecule has 0 bridgehead atoms. The second-order valence-corrected chi connectivity index (χ2v) is 7.42. The van der Waals surface area contributed by atoms with E-state index in [-0.39, 0.29) is 23.4 Å². The van der Waals surface area contributed by atoms with E-state index in [4.69, 9.17) is 0 Å². The molecule has 0 radical (unpaired) electrons. The van der Waals surface area contributed by atoms with Gasteiger partial charge in [0.05, 0.1) is 4.92 Å². The van der Waals surface area contributed by atoms with Gasteiger partial charge < -0.3 is 10.2 Å². The van der Waals surface area contributed by atoms with Gasteiger partial charge in [-0.15, -0.1) is 0 Å². The van der Waals surface area contributed by atoms with Gasteiger partial charge >= 0.3 is 0 Å². The zero-order valence-electron chi connectivity index (χ0n) is 15.6. The molecule has 4 rings (SSSR count). The highest BCUT2D eigenvalue weighted by molar-refractivity contribution is 6.05. The van der Waals surface area contributed by atoms with Crippen LogP contribution in [0, 0.1) is 23.0 Å². The lowest BCUT2D eigenvalue weighted by atomic mass is 10.00. The minimum Gasteiger partial charge on any atom is -0.322 e. The van der Waals surface area contributed by atoms with E-state index in [0.29, 0.717) is 16.8 Å². The molecule has 0 atom stereocenters. The number of amides is 2. The Morgan fingerprint density at radius 3 is 2.64 bits per heavy atom. The van der Waals surface area contributed by atoms with Crippen molar-refractivity contribution in [1.82, 2.24) is 0 Å². The maximum atomic E-state index is 12.5. The molecule has 1 heterocycles. The van der Waals surface area contributed by atoms with Gasteiger partial charge in [0.15, 0.2) is 0 Å². The Bertz CT molecular complexity index is 982. The Hall–Kier alpha value is -3.22. The van der Waals surface area contributed by atoms with Gasteiger partial charge in [-0.05, 0) is 68.5 Å². The molecule has 28 heavy (non-hydrogen) atoms. The first-order valence-corrected chi connectivity index (χ1v) is 9.45. The zero-order valence-corrected chi connectivity index (χ0v) is 15.6. The molecule has 2 amide bonds. The average molecular weight is 379 g/mol. The zero-order chi connectivity index (χ0) is 19.8. The molecule has 1 saturated carbocycles. The van der Waals surface area contributed by atoms with Crippen LogP contribution in [0.5, 0.6) is 0 Å². The molecule has 1 N–H and O–H groups in total. The maximum Gasteiger partial charge on any atom is 0.272 e. The Morgan fingerprint density at radius 2 is 1.96 bits per heavy atom. The summed E-state index contributed by atoms with van der Waals surface area (Å²) in [6.45, 7) is 2.36. The molecule has 2 aromatic carbocycles. The minimum absolute atomic E-state index is 0.00856. The Labute approximate surface area is 162 Å². The summed E-state index contributed by atoms with van der Waals surface area (Å²) in [4.78, 5) is 37.4. The maximum absolute atomic E-state index is 12.5. The van der Waals surface area contributed by atoms with E-state index >= 15 is 0 Å². The van der Waals surface area contributed by atoms with Crippen LogP contribution in [-0.2, 0) is 11.2 Å². The molecular formula is C21H21N3O4. The SMILES string of the molecule is Cc1cc(C(=O)Nc2ccc3c(c2)CCCN3C(=O)C2CC2)ccc1[N+](=O)[O-]. The van der Waals surface area contributed by atoms with E-state index in [2.05, 4.69) is 5.32 Å². The summed E-state index contributed by atoms with van der Waals surface area (Å²) in [5.41, 5.74) is 3.44. The summed E-state index contributed by atoms with van der Waals surface area (Å²) in [6.07, 6.45) is 3.73. The first-order valence-electron chi connectivity index (χ1n) is 9.45. The molecule has 7 heteroatoms. The van der Waals surface area contributed by atoms with Crippen LogP contribution < -0.4 is 10.2 Å².